The second kappa shape index (κ2) is 9.83. The van der Waals surface area contributed by atoms with E-state index in [-0.39, 0.29) is 17.7 Å². The van der Waals surface area contributed by atoms with Crippen LogP contribution in [-0.2, 0) is 4.79 Å². The molecule has 0 aliphatic rings. The van der Waals surface area contributed by atoms with E-state index in [0.717, 1.165) is 18.4 Å². The van der Waals surface area contributed by atoms with Gasteiger partial charge in [0, 0.05) is 16.6 Å². The van der Waals surface area contributed by atoms with Crippen LogP contribution in [0.5, 0.6) is 0 Å². The van der Waals surface area contributed by atoms with Gasteiger partial charge in [0.05, 0.1) is 5.75 Å². The number of benzene rings is 1. The largest absolute Gasteiger partial charge is 0.353 e. The van der Waals surface area contributed by atoms with Crippen molar-refractivity contribution in [1.82, 2.24) is 20.2 Å². The van der Waals surface area contributed by atoms with E-state index in [1.54, 1.807) is 12.1 Å². The Bertz CT molecular complexity index is 734. The van der Waals surface area contributed by atoms with Crippen LogP contribution >= 0.6 is 23.4 Å². The first-order valence-corrected chi connectivity index (χ1v) is 10.1. The highest BCUT2D eigenvalue weighted by molar-refractivity contribution is 7.99. The average Bonchev–Trinajstić information content (AvgIpc) is 2.93. The molecule has 1 atom stereocenters. The van der Waals surface area contributed by atoms with Crippen molar-refractivity contribution in [3.05, 3.63) is 29.3 Å². The van der Waals surface area contributed by atoms with Gasteiger partial charge in [-0.05, 0) is 31.4 Å². The minimum absolute atomic E-state index is 0.0284. The number of nitrogens with two attached hydrogens (primary N) is 1. The van der Waals surface area contributed by atoms with Gasteiger partial charge in [-0.25, -0.2) is 4.68 Å². The van der Waals surface area contributed by atoms with Crippen LogP contribution in [0.1, 0.15) is 40.0 Å². The van der Waals surface area contributed by atoms with Crippen LogP contribution in [0.2, 0.25) is 5.02 Å². The number of carbonyl (C=O) groups excluding carboxylic acids is 1. The van der Waals surface area contributed by atoms with Gasteiger partial charge in [0.25, 0.3) is 0 Å². The molecule has 0 unspecified atom stereocenters. The van der Waals surface area contributed by atoms with Crippen molar-refractivity contribution in [2.45, 2.75) is 51.2 Å². The first kappa shape index (κ1) is 20.6. The minimum Gasteiger partial charge on any atom is -0.353 e. The fraction of sp³-hybridized carbons (Fsp3) is 0.500. The lowest BCUT2D eigenvalue weighted by Crippen LogP contribution is -2.34. The molecule has 3 N–H and O–H groups in total. The predicted octanol–water partition coefficient (Wildman–Crippen LogP) is 3.74. The Labute approximate surface area is 163 Å². The SMILES string of the molecule is CC(C)CCC[C@H](C)NC(=O)CSc1nnc(-c2cccc(Cl)c2)n1N. The topological polar surface area (TPSA) is 85.8 Å². The molecule has 0 saturated carbocycles. The zero-order chi connectivity index (χ0) is 19.1. The normalized spacial score (nSPS) is 12.3. The number of carbonyl (C=O) groups is 1. The number of nitrogens with zero attached hydrogens (tertiary/aromatic N) is 3. The summed E-state index contributed by atoms with van der Waals surface area (Å²) in [6.45, 7) is 6.45. The molecule has 0 fully saturated rings. The molecule has 0 aliphatic heterocycles. The lowest BCUT2D eigenvalue weighted by molar-refractivity contribution is -0.119. The van der Waals surface area contributed by atoms with Crippen molar-refractivity contribution in [1.29, 1.82) is 0 Å². The highest BCUT2D eigenvalue weighted by Gasteiger charge is 2.15. The number of aromatic nitrogens is 3. The maximum absolute atomic E-state index is 12.1. The fourth-order valence-electron chi connectivity index (χ4n) is 2.55. The van der Waals surface area contributed by atoms with Gasteiger partial charge in [0.15, 0.2) is 5.82 Å². The van der Waals surface area contributed by atoms with E-state index < -0.39 is 0 Å². The van der Waals surface area contributed by atoms with Crippen LogP contribution in [0.25, 0.3) is 11.4 Å². The van der Waals surface area contributed by atoms with Crippen molar-refractivity contribution in [2.24, 2.45) is 5.92 Å². The van der Waals surface area contributed by atoms with Gasteiger partial charge in [0.2, 0.25) is 11.1 Å². The minimum atomic E-state index is -0.0284. The van der Waals surface area contributed by atoms with Crippen LogP contribution in [0.15, 0.2) is 29.4 Å². The summed E-state index contributed by atoms with van der Waals surface area (Å²) in [6.07, 6.45) is 3.28. The molecule has 1 heterocycles. The zero-order valence-electron chi connectivity index (χ0n) is 15.4. The Balaban J connectivity index is 1.85. The second-order valence-corrected chi connectivity index (χ2v) is 8.15. The number of nitrogens with one attached hydrogen (secondary N) is 1. The summed E-state index contributed by atoms with van der Waals surface area (Å²) >= 11 is 7.27. The number of hydrogen-bond donors (Lipinski definition) is 2. The summed E-state index contributed by atoms with van der Waals surface area (Å²) in [5.74, 6) is 7.49. The van der Waals surface area contributed by atoms with E-state index in [1.165, 1.54) is 22.9 Å². The van der Waals surface area contributed by atoms with Gasteiger partial charge in [-0.1, -0.05) is 62.2 Å². The number of nitrogen functional groups attached to an aromatic ring is 1. The third-order valence-electron chi connectivity index (χ3n) is 3.91. The van der Waals surface area contributed by atoms with Crippen LogP contribution < -0.4 is 11.2 Å². The van der Waals surface area contributed by atoms with Crippen molar-refractivity contribution in [2.75, 3.05) is 11.6 Å². The third-order valence-corrected chi connectivity index (χ3v) is 5.08. The van der Waals surface area contributed by atoms with Crippen molar-refractivity contribution < 1.29 is 4.79 Å². The maximum Gasteiger partial charge on any atom is 0.230 e. The number of amides is 1. The number of hydrogen-bond acceptors (Lipinski definition) is 5. The maximum atomic E-state index is 12.1. The molecule has 1 aromatic carbocycles. The van der Waals surface area contributed by atoms with E-state index in [0.29, 0.717) is 21.9 Å². The van der Waals surface area contributed by atoms with Crippen molar-refractivity contribution in [3.8, 4) is 11.4 Å². The van der Waals surface area contributed by atoms with Gasteiger partial charge in [-0.3, -0.25) is 4.79 Å². The Morgan fingerprint density at radius 3 is 2.77 bits per heavy atom. The van der Waals surface area contributed by atoms with Gasteiger partial charge in [-0.15, -0.1) is 10.2 Å². The molecule has 2 rings (SSSR count). The zero-order valence-corrected chi connectivity index (χ0v) is 17.0. The molecule has 142 valence electrons. The summed E-state index contributed by atoms with van der Waals surface area (Å²) in [5, 5.41) is 12.3. The average molecular weight is 396 g/mol. The van der Waals surface area contributed by atoms with Crippen molar-refractivity contribution in [3.63, 3.8) is 0 Å². The number of thioether (sulfide) groups is 1. The van der Waals surface area contributed by atoms with E-state index in [2.05, 4.69) is 29.4 Å². The molecule has 0 radical (unpaired) electrons. The van der Waals surface area contributed by atoms with E-state index in [1.807, 2.05) is 19.1 Å². The van der Waals surface area contributed by atoms with Crippen LogP contribution in [0.4, 0.5) is 0 Å². The molecule has 0 spiro atoms. The second-order valence-electron chi connectivity index (χ2n) is 6.77. The summed E-state index contributed by atoms with van der Waals surface area (Å²) in [5.41, 5.74) is 0.780. The smallest absolute Gasteiger partial charge is 0.230 e. The lowest BCUT2D eigenvalue weighted by Gasteiger charge is -2.14. The summed E-state index contributed by atoms with van der Waals surface area (Å²) in [6, 6.07) is 7.41. The molecule has 0 aliphatic carbocycles. The summed E-state index contributed by atoms with van der Waals surface area (Å²) in [4.78, 5) is 12.1. The highest BCUT2D eigenvalue weighted by Crippen LogP contribution is 2.23. The standard InChI is InChI=1S/C18H26ClN5OS/c1-12(2)6-4-7-13(3)21-16(25)11-26-18-23-22-17(24(18)20)14-8-5-9-15(19)10-14/h5,8-10,12-13H,4,6-7,11,20H2,1-3H3,(H,21,25)/t13-/m0/s1. The van der Waals surface area contributed by atoms with E-state index in [9.17, 15) is 4.79 Å². The van der Waals surface area contributed by atoms with Gasteiger partial charge in [0.1, 0.15) is 0 Å². The molecule has 0 bridgehead atoms. The molecular formula is C18H26ClN5OS. The Morgan fingerprint density at radius 1 is 1.31 bits per heavy atom. The monoisotopic (exact) mass is 395 g/mol. The quantitative estimate of drug-likeness (QED) is 0.499. The molecule has 6 nitrogen and oxygen atoms in total. The van der Waals surface area contributed by atoms with Crippen molar-refractivity contribution >= 4 is 29.3 Å². The molecular weight excluding hydrogens is 370 g/mol. The third kappa shape index (κ3) is 6.21. The van der Waals surface area contributed by atoms with Crippen LogP contribution in [-0.4, -0.2) is 32.6 Å². The summed E-state index contributed by atoms with van der Waals surface area (Å²) < 4.78 is 1.38. The van der Waals surface area contributed by atoms with Crippen LogP contribution in [0.3, 0.4) is 0 Å². The molecule has 2 aromatic rings. The Kier molecular flexibility index (Phi) is 7.78. The van der Waals surface area contributed by atoms with E-state index >= 15 is 0 Å². The first-order valence-electron chi connectivity index (χ1n) is 8.75. The molecule has 26 heavy (non-hydrogen) atoms. The van der Waals surface area contributed by atoms with Crippen LogP contribution in [0, 0.1) is 5.92 Å². The Hall–Kier alpha value is -1.73. The lowest BCUT2D eigenvalue weighted by atomic mass is 10.0. The van der Waals surface area contributed by atoms with E-state index in [4.69, 9.17) is 17.4 Å². The highest BCUT2D eigenvalue weighted by atomic mass is 35.5. The van der Waals surface area contributed by atoms with Gasteiger partial charge in [-0.2, -0.15) is 0 Å². The number of halogens is 1. The Morgan fingerprint density at radius 2 is 2.08 bits per heavy atom. The fourth-order valence-corrected chi connectivity index (χ4v) is 3.41. The molecule has 0 saturated heterocycles. The van der Waals surface area contributed by atoms with Gasteiger partial charge >= 0.3 is 0 Å². The molecule has 1 aromatic heterocycles. The summed E-state index contributed by atoms with van der Waals surface area (Å²) in [7, 11) is 0. The molecule has 8 heteroatoms. The molecule has 1 amide bonds. The van der Waals surface area contributed by atoms with Gasteiger partial charge < -0.3 is 11.2 Å². The number of rotatable bonds is 9. The first-order chi connectivity index (χ1) is 12.4. The predicted molar refractivity (Wildman–Crippen MR) is 108 cm³/mol.